The highest BCUT2D eigenvalue weighted by atomic mass is 32.1. The summed E-state index contributed by atoms with van der Waals surface area (Å²) in [6.45, 7) is 1.28. The molecule has 1 saturated heterocycles. The van der Waals surface area contributed by atoms with Gasteiger partial charge in [0.25, 0.3) is 5.91 Å². The van der Waals surface area contributed by atoms with E-state index in [-0.39, 0.29) is 18.2 Å². The summed E-state index contributed by atoms with van der Waals surface area (Å²) in [5, 5.41) is 3.28. The van der Waals surface area contributed by atoms with Gasteiger partial charge in [0.05, 0.1) is 18.7 Å². The molecule has 2 aromatic rings. The Morgan fingerprint density at radius 3 is 2.39 bits per heavy atom. The Morgan fingerprint density at radius 2 is 1.75 bits per heavy atom. The number of amides is 2. The van der Waals surface area contributed by atoms with Crippen molar-refractivity contribution in [1.82, 2.24) is 10.2 Å². The summed E-state index contributed by atoms with van der Waals surface area (Å²) in [7, 11) is 1.59. The van der Waals surface area contributed by atoms with Crippen molar-refractivity contribution in [3.63, 3.8) is 0 Å². The molecule has 1 N–H and O–H groups in total. The van der Waals surface area contributed by atoms with Crippen LogP contribution < -0.4 is 10.2 Å². The minimum atomic E-state index is -0.640. The monoisotopic (exact) mass is 397 g/mol. The fourth-order valence-electron chi connectivity index (χ4n) is 3.14. The molecule has 2 aromatic carbocycles. The number of ether oxygens (including phenoxy) is 1. The summed E-state index contributed by atoms with van der Waals surface area (Å²) in [6.07, 6.45) is 0.0405. The van der Waals surface area contributed by atoms with Gasteiger partial charge in [0.1, 0.15) is 6.04 Å². The second-order valence-electron chi connectivity index (χ2n) is 6.46. The van der Waals surface area contributed by atoms with Crippen LogP contribution in [-0.4, -0.2) is 48.1 Å². The molecule has 1 fully saturated rings. The molecule has 1 atom stereocenters. The lowest BCUT2D eigenvalue weighted by Gasteiger charge is -2.23. The molecule has 1 aliphatic rings. The number of nitrogens with one attached hydrogen (secondary N) is 1. The molecule has 146 valence electrons. The van der Waals surface area contributed by atoms with Gasteiger partial charge in [-0.25, -0.2) is 0 Å². The molecule has 3 rings (SSSR count). The average molecular weight is 398 g/mol. The van der Waals surface area contributed by atoms with Gasteiger partial charge in [0.15, 0.2) is 5.11 Å². The Balaban J connectivity index is 1.72. The Hall–Kier alpha value is -2.77. The van der Waals surface area contributed by atoms with Crippen molar-refractivity contribution < 1.29 is 14.3 Å². The topological polar surface area (TPSA) is 61.9 Å². The SMILES string of the molecule is COCCN1C(=S)N(c2ccccc2)C(=O)[C@H]1CC(=O)NCc1ccccc1. The molecule has 0 saturated carbocycles. The molecule has 0 aromatic heterocycles. The van der Waals surface area contributed by atoms with Gasteiger partial charge in [-0.2, -0.15) is 0 Å². The zero-order chi connectivity index (χ0) is 19.9. The fraction of sp³-hybridized carbons (Fsp3) is 0.286. The van der Waals surface area contributed by atoms with Gasteiger partial charge in [-0.3, -0.25) is 14.5 Å². The molecule has 0 unspecified atom stereocenters. The second kappa shape index (κ2) is 9.43. The number of carbonyl (C=O) groups is 2. The first kappa shape index (κ1) is 20.0. The molecule has 0 radical (unpaired) electrons. The number of anilines is 1. The number of hydrogen-bond donors (Lipinski definition) is 1. The summed E-state index contributed by atoms with van der Waals surface area (Å²) >= 11 is 5.55. The molecule has 2 amide bonds. The minimum absolute atomic E-state index is 0.0405. The lowest BCUT2D eigenvalue weighted by molar-refractivity contribution is -0.127. The number of nitrogens with zero attached hydrogens (tertiary/aromatic N) is 2. The van der Waals surface area contributed by atoms with Crippen LogP contribution in [0.5, 0.6) is 0 Å². The number of thiocarbonyl (C=S) groups is 1. The standard InChI is InChI=1S/C21H23N3O3S/c1-27-13-12-23-18(14-19(25)22-15-16-8-4-2-5-9-16)20(26)24(21(23)28)17-10-6-3-7-11-17/h2-11,18H,12-15H2,1H3,(H,22,25)/t18-/m1/s1. The maximum Gasteiger partial charge on any atom is 0.256 e. The number of carbonyl (C=O) groups excluding carboxylic acids is 2. The van der Waals surface area contributed by atoms with Crippen LogP contribution >= 0.6 is 12.2 Å². The number of benzene rings is 2. The summed E-state index contributed by atoms with van der Waals surface area (Å²) in [5.41, 5.74) is 1.71. The number of rotatable bonds is 8. The predicted octanol–water partition coefficient (Wildman–Crippen LogP) is 2.34. The third kappa shape index (κ3) is 4.55. The Kier molecular flexibility index (Phi) is 6.73. The molecule has 7 heteroatoms. The van der Waals surface area contributed by atoms with Gasteiger partial charge in [0.2, 0.25) is 5.91 Å². The van der Waals surface area contributed by atoms with Crippen molar-refractivity contribution in [2.45, 2.75) is 19.0 Å². The van der Waals surface area contributed by atoms with Crippen LogP contribution in [0.4, 0.5) is 5.69 Å². The van der Waals surface area contributed by atoms with E-state index in [9.17, 15) is 9.59 Å². The highest BCUT2D eigenvalue weighted by molar-refractivity contribution is 7.80. The molecular formula is C21H23N3O3S. The molecule has 0 bridgehead atoms. The molecular weight excluding hydrogens is 374 g/mol. The molecule has 28 heavy (non-hydrogen) atoms. The lowest BCUT2D eigenvalue weighted by Crippen LogP contribution is -2.41. The van der Waals surface area contributed by atoms with Crippen molar-refractivity contribution in [2.24, 2.45) is 0 Å². The normalized spacial score (nSPS) is 16.5. The number of methoxy groups -OCH3 is 1. The molecule has 6 nitrogen and oxygen atoms in total. The maximum absolute atomic E-state index is 13.1. The van der Waals surface area contributed by atoms with Gasteiger partial charge in [0, 0.05) is 20.2 Å². The van der Waals surface area contributed by atoms with E-state index >= 15 is 0 Å². The third-order valence-corrected chi connectivity index (χ3v) is 5.00. The van der Waals surface area contributed by atoms with Crippen LogP contribution in [-0.2, 0) is 20.9 Å². The smallest absolute Gasteiger partial charge is 0.256 e. The molecule has 1 heterocycles. The van der Waals surface area contributed by atoms with Gasteiger partial charge in [-0.15, -0.1) is 0 Å². The van der Waals surface area contributed by atoms with E-state index in [1.54, 1.807) is 12.0 Å². The molecule has 1 aliphatic heterocycles. The van der Waals surface area contributed by atoms with Crippen molar-refractivity contribution >= 4 is 34.8 Å². The highest BCUT2D eigenvalue weighted by Gasteiger charge is 2.43. The van der Waals surface area contributed by atoms with E-state index in [1.165, 1.54) is 4.90 Å². The van der Waals surface area contributed by atoms with Gasteiger partial charge in [-0.05, 0) is 29.9 Å². The third-order valence-electron chi connectivity index (χ3n) is 4.58. The van der Waals surface area contributed by atoms with Crippen LogP contribution in [0.25, 0.3) is 0 Å². The van der Waals surface area contributed by atoms with Gasteiger partial charge in [-0.1, -0.05) is 48.5 Å². The number of hydrogen-bond acceptors (Lipinski definition) is 4. The zero-order valence-corrected chi connectivity index (χ0v) is 16.5. The first-order valence-corrected chi connectivity index (χ1v) is 9.52. The number of para-hydroxylation sites is 1. The summed E-state index contributed by atoms with van der Waals surface area (Å²) < 4.78 is 5.16. The second-order valence-corrected chi connectivity index (χ2v) is 6.83. The molecule has 0 aliphatic carbocycles. The van der Waals surface area contributed by atoms with E-state index < -0.39 is 6.04 Å². The quantitative estimate of drug-likeness (QED) is 0.693. The maximum atomic E-state index is 13.1. The lowest BCUT2D eigenvalue weighted by atomic mass is 10.1. The van der Waals surface area contributed by atoms with Crippen LogP contribution in [0.1, 0.15) is 12.0 Å². The van der Waals surface area contributed by atoms with Crippen LogP contribution in [0.2, 0.25) is 0 Å². The first-order chi connectivity index (χ1) is 13.6. The van der Waals surface area contributed by atoms with E-state index in [0.29, 0.717) is 30.5 Å². The van der Waals surface area contributed by atoms with Crippen LogP contribution in [0, 0.1) is 0 Å². The van der Waals surface area contributed by atoms with Gasteiger partial charge < -0.3 is 15.0 Å². The molecule has 0 spiro atoms. The average Bonchev–Trinajstić information content (AvgIpc) is 2.95. The Bertz CT molecular complexity index is 829. The van der Waals surface area contributed by atoms with Crippen molar-refractivity contribution in [2.75, 3.05) is 25.2 Å². The predicted molar refractivity (Wildman–Crippen MR) is 112 cm³/mol. The van der Waals surface area contributed by atoms with E-state index in [4.69, 9.17) is 17.0 Å². The zero-order valence-electron chi connectivity index (χ0n) is 15.7. The summed E-state index contributed by atoms with van der Waals surface area (Å²) in [6, 6.07) is 18.3. The summed E-state index contributed by atoms with van der Waals surface area (Å²) in [4.78, 5) is 28.9. The van der Waals surface area contributed by atoms with Crippen LogP contribution in [0.15, 0.2) is 60.7 Å². The van der Waals surface area contributed by atoms with E-state index in [1.807, 2.05) is 60.7 Å². The van der Waals surface area contributed by atoms with Gasteiger partial charge >= 0.3 is 0 Å². The highest BCUT2D eigenvalue weighted by Crippen LogP contribution is 2.26. The van der Waals surface area contributed by atoms with Crippen molar-refractivity contribution in [3.05, 3.63) is 66.2 Å². The van der Waals surface area contributed by atoms with Crippen molar-refractivity contribution in [3.8, 4) is 0 Å². The first-order valence-electron chi connectivity index (χ1n) is 9.11. The Labute approximate surface area is 170 Å². The minimum Gasteiger partial charge on any atom is -0.383 e. The fourth-order valence-corrected chi connectivity index (χ4v) is 3.55. The van der Waals surface area contributed by atoms with Crippen LogP contribution in [0.3, 0.4) is 0 Å². The van der Waals surface area contributed by atoms with E-state index in [2.05, 4.69) is 5.32 Å². The Morgan fingerprint density at radius 1 is 1.11 bits per heavy atom. The summed E-state index contributed by atoms with van der Waals surface area (Å²) in [5.74, 6) is -0.385. The largest absolute Gasteiger partial charge is 0.383 e. The van der Waals surface area contributed by atoms with E-state index in [0.717, 1.165) is 5.56 Å². The van der Waals surface area contributed by atoms with Crippen molar-refractivity contribution in [1.29, 1.82) is 0 Å².